The van der Waals surface area contributed by atoms with Gasteiger partial charge in [-0.05, 0) is 44.9 Å². The largest absolute Gasteiger partial charge is 0.469 e. The molecule has 3 heterocycles. The Balaban J connectivity index is 1.63. The Kier molecular flexibility index (Phi) is 6.80. The minimum absolute atomic E-state index is 0.138. The highest BCUT2D eigenvalue weighted by molar-refractivity contribution is 5.88. The zero-order valence-electron chi connectivity index (χ0n) is 17.7. The molecule has 3 rings (SSSR count). The van der Waals surface area contributed by atoms with Crippen molar-refractivity contribution in [3.8, 4) is 0 Å². The molecule has 0 aromatic carbocycles. The summed E-state index contributed by atoms with van der Waals surface area (Å²) in [5, 5.41) is 1.45. The van der Waals surface area contributed by atoms with Crippen LogP contribution in [-0.4, -0.2) is 60.7 Å². The molecule has 2 fully saturated rings. The second kappa shape index (κ2) is 9.13. The molecule has 29 heavy (non-hydrogen) atoms. The molecule has 2 aliphatic rings. The number of amides is 1. The number of hydrogen-bond acceptors (Lipinski definition) is 6. The van der Waals surface area contributed by atoms with Gasteiger partial charge in [-0.15, -0.1) is 6.58 Å². The van der Waals surface area contributed by atoms with Crippen LogP contribution in [0.25, 0.3) is 0 Å². The number of ether oxygens (including phenoxy) is 1. The molecule has 0 saturated carbocycles. The van der Waals surface area contributed by atoms with E-state index in [1.54, 1.807) is 6.08 Å². The van der Waals surface area contributed by atoms with Crippen LogP contribution in [0.3, 0.4) is 0 Å². The molecule has 1 spiro atoms. The maximum absolute atomic E-state index is 12.6. The number of piperidine rings is 1. The molecule has 2 aliphatic heterocycles. The zero-order chi connectivity index (χ0) is 21.0. The van der Waals surface area contributed by atoms with Crippen LogP contribution in [0.15, 0.2) is 29.2 Å². The highest BCUT2D eigenvalue weighted by Gasteiger charge is 2.58. The maximum Gasteiger partial charge on any atom is 0.311 e. The number of rotatable bonds is 8. The molecular weight excluding hydrogens is 372 g/mol. The number of carbonyl (C=O) groups excluding carboxylic acids is 2. The van der Waals surface area contributed by atoms with Crippen molar-refractivity contribution in [1.82, 2.24) is 9.96 Å². The number of carbonyl (C=O) groups is 2. The van der Waals surface area contributed by atoms with Crippen LogP contribution in [-0.2, 0) is 19.2 Å². The number of hydrogen-bond donors (Lipinski definition) is 0. The Morgan fingerprint density at radius 1 is 1.41 bits per heavy atom. The van der Waals surface area contributed by atoms with Gasteiger partial charge in [-0.2, -0.15) is 0 Å². The van der Waals surface area contributed by atoms with E-state index in [-0.39, 0.29) is 24.9 Å². The second-order valence-corrected chi connectivity index (χ2v) is 8.14. The van der Waals surface area contributed by atoms with Crippen molar-refractivity contribution in [3.05, 3.63) is 36.3 Å². The molecule has 0 unspecified atom stereocenters. The van der Waals surface area contributed by atoms with Crippen LogP contribution in [0.2, 0.25) is 0 Å². The number of likely N-dealkylation sites (tertiary alicyclic amines) is 1. The van der Waals surface area contributed by atoms with E-state index in [4.69, 9.17) is 14.0 Å². The number of hydroxylamine groups is 2. The van der Waals surface area contributed by atoms with Gasteiger partial charge in [0.2, 0.25) is 5.91 Å². The van der Waals surface area contributed by atoms with Gasteiger partial charge in [0.05, 0.1) is 25.2 Å². The third-order valence-electron chi connectivity index (χ3n) is 6.31. The molecule has 160 valence electrons. The highest BCUT2D eigenvalue weighted by Crippen LogP contribution is 2.44. The minimum Gasteiger partial charge on any atom is -0.469 e. The predicted molar refractivity (Wildman–Crippen MR) is 108 cm³/mol. The van der Waals surface area contributed by atoms with E-state index in [1.165, 1.54) is 12.2 Å². The minimum atomic E-state index is -0.632. The third kappa shape index (κ3) is 4.41. The Bertz CT molecular complexity index is 735. The number of esters is 1. The summed E-state index contributed by atoms with van der Waals surface area (Å²) in [7, 11) is 1.38. The van der Waals surface area contributed by atoms with Crippen molar-refractivity contribution in [2.75, 3.05) is 33.4 Å². The summed E-state index contributed by atoms with van der Waals surface area (Å²) in [6, 6.07) is 4.05. The van der Waals surface area contributed by atoms with E-state index in [9.17, 15) is 9.59 Å². The van der Waals surface area contributed by atoms with Gasteiger partial charge in [-0.1, -0.05) is 13.0 Å². The molecule has 0 bridgehead atoms. The fourth-order valence-corrected chi connectivity index (χ4v) is 4.56. The lowest BCUT2D eigenvalue weighted by Gasteiger charge is -2.45. The summed E-state index contributed by atoms with van der Waals surface area (Å²) in [6.45, 7) is 10.6. The summed E-state index contributed by atoms with van der Waals surface area (Å²) in [5.74, 6) is 1.33. The van der Waals surface area contributed by atoms with E-state index < -0.39 is 11.5 Å². The smallest absolute Gasteiger partial charge is 0.311 e. The molecule has 1 aromatic heterocycles. The van der Waals surface area contributed by atoms with Crippen molar-refractivity contribution in [3.63, 3.8) is 0 Å². The fourth-order valence-electron chi connectivity index (χ4n) is 4.56. The highest BCUT2D eigenvalue weighted by atomic mass is 16.7. The van der Waals surface area contributed by atoms with Crippen molar-refractivity contribution >= 4 is 11.9 Å². The van der Waals surface area contributed by atoms with Gasteiger partial charge in [-0.3, -0.25) is 14.4 Å². The third-order valence-corrected chi connectivity index (χ3v) is 6.31. The Morgan fingerprint density at radius 3 is 2.72 bits per heavy atom. The molecule has 1 aromatic rings. The monoisotopic (exact) mass is 404 g/mol. The van der Waals surface area contributed by atoms with Crippen LogP contribution >= 0.6 is 0 Å². The SMILES string of the molecule is C=CCON1C(=O)C[C@@H](C(=O)OC)C12CCN(CC[C@@H](C)c1ccc(C)o1)CC2. The van der Waals surface area contributed by atoms with Crippen molar-refractivity contribution in [2.24, 2.45) is 5.92 Å². The summed E-state index contributed by atoms with van der Waals surface area (Å²) in [6.07, 6.45) is 4.11. The lowest BCUT2D eigenvalue weighted by Crippen LogP contribution is -2.57. The second-order valence-electron chi connectivity index (χ2n) is 8.14. The lowest BCUT2D eigenvalue weighted by atomic mass is 9.77. The first-order valence-electron chi connectivity index (χ1n) is 10.3. The molecule has 0 radical (unpaired) electrons. The standard InChI is InChI=1S/C22H32N2O5/c1-5-14-28-24-20(25)15-18(21(26)27-4)22(24)9-12-23(13-10-22)11-8-16(2)19-7-6-17(3)29-19/h5-7,16,18H,1,8-15H2,2-4H3/t16-,18+/m1/s1. The van der Waals surface area contributed by atoms with Gasteiger partial charge in [-0.25, -0.2) is 5.06 Å². The Morgan fingerprint density at radius 2 is 2.14 bits per heavy atom. The molecule has 2 atom stereocenters. The zero-order valence-corrected chi connectivity index (χ0v) is 17.7. The number of aryl methyl sites for hydroxylation is 1. The predicted octanol–water partition coefficient (Wildman–Crippen LogP) is 3.06. The summed E-state index contributed by atoms with van der Waals surface area (Å²) < 4.78 is 10.7. The average Bonchev–Trinajstić information content (AvgIpc) is 3.27. The molecule has 0 aliphatic carbocycles. The van der Waals surface area contributed by atoms with Gasteiger partial charge in [0.25, 0.3) is 0 Å². The van der Waals surface area contributed by atoms with Gasteiger partial charge >= 0.3 is 5.97 Å². The quantitative estimate of drug-likeness (QED) is 0.490. The van der Waals surface area contributed by atoms with Crippen LogP contribution in [0.5, 0.6) is 0 Å². The van der Waals surface area contributed by atoms with Crippen LogP contribution < -0.4 is 0 Å². The summed E-state index contributed by atoms with van der Waals surface area (Å²) in [5.41, 5.74) is -0.632. The molecule has 2 saturated heterocycles. The topological polar surface area (TPSA) is 72.2 Å². The summed E-state index contributed by atoms with van der Waals surface area (Å²) in [4.78, 5) is 33.1. The van der Waals surface area contributed by atoms with Gasteiger partial charge in [0.1, 0.15) is 11.5 Å². The molecule has 7 heteroatoms. The van der Waals surface area contributed by atoms with Gasteiger partial charge in [0.15, 0.2) is 0 Å². The van der Waals surface area contributed by atoms with Gasteiger partial charge < -0.3 is 14.1 Å². The van der Waals surface area contributed by atoms with E-state index in [2.05, 4.69) is 18.4 Å². The first-order valence-corrected chi connectivity index (χ1v) is 10.3. The maximum atomic E-state index is 12.6. The molecule has 0 N–H and O–H groups in total. The van der Waals surface area contributed by atoms with Crippen molar-refractivity contribution < 1.29 is 23.6 Å². The number of furan rings is 1. The van der Waals surface area contributed by atoms with Crippen LogP contribution in [0.1, 0.15) is 50.0 Å². The number of methoxy groups -OCH3 is 1. The average molecular weight is 405 g/mol. The molecule has 1 amide bonds. The molecular formula is C22H32N2O5. The van der Waals surface area contributed by atoms with Crippen LogP contribution in [0, 0.1) is 12.8 Å². The van der Waals surface area contributed by atoms with E-state index in [0.29, 0.717) is 18.8 Å². The lowest BCUT2D eigenvalue weighted by molar-refractivity contribution is -0.218. The van der Waals surface area contributed by atoms with Crippen LogP contribution in [0.4, 0.5) is 0 Å². The fraction of sp³-hybridized carbons (Fsp3) is 0.636. The van der Waals surface area contributed by atoms with E-state index >= 15 is 0 Å². The Labute approximate surface area is 172 Å². The first kappa shape index (κ1) is 21.6. The van der Waals surface area contributed by atoms with E-state index in [0.717, 1.165) is 37.6 Å². The van der Waals surface area contributed by atoms with Crippen molar-refractivity contribution in [1.29, 1.82) is 0 Å². The van der Waals surface area contributed by atoms with E-state index in [1.807, 2.05) is 19.1 Å². The number of nitrogens with zero attached hydrogens (tertiary/aromatic N) is 2. The normalized spacial score (nSPS) is 22.8. The Hall–Kier alpha value is -2.12. The van der Waals surface area contributed by atoms with Crippen molar-refractivity contribution in [2.45, 2.75) is 51.0 Å². The molecule has 7 nitrogen and oxygen atoms in total. The van der Waals surface area contributed by atoms with Gasteiger partial charge in [0, 0.05) is 25.4 Å². The summed E-state index contributed by atoms with van der Waals surface area (Å²) >= 11 is 0. The first-order chi connectivity index (χ1) is 13.9.